The van der Waals surface area contributed by atoms with Crippen molar-refractivity contribution in [3.05, 3.63) is 136 Å². The molecule has 35 heteroatoms. The van der Waals surface area contributed by atoms with Gasteiger partial charge in [0.1, 0.15) is 48.2 Å². The van der Waals surface area contributed by atoms with E-state index in [4.69, 9.17) is 51.6 Å². The number of fused-ring (bicyclic) bond motifs is 4. The topological polar surface area (TPSA) is 513 Å². The van der Waals surface area contributed by atoms with Gasteiger partial charge in [0.25, 0.3) is 0 Å². The number of aliphatic hydroxyl groups excluding tert-OH is 2. The maximum Gasteiger partial charge on any atom is 0.331 e. The fourth-order valence-corrected chi connectivity index (χ4v) is 14.6. The first-order valence-corrected chi connectivity index (χ1v) is 40.1. The number of carboxylic acid groups (broad SMARTS) is 2. The molecule has 7 aliphatic carbocycles. The Hall–Kier alpha value is -10.4. The highest BCUT2D eigenvalue weighted by atomic mass is 35.5. The minimum Gasteiger partial charge on any atom is -0.481 e. The zero-order valence-electron chi connectivity index (χ0n) is 70.3. The number of Topliss-reactive ketones (excluding diaryl/α,β-unsaturated/α-hetero) is 2. The number of ether oxygens (including phenoxy) is 4. The average molecular weight is 1730 g/mol. The van der Waals surface area contributed by atoms with Crippen LogP contribution in [0.5, 0.6) is 0 Å². The molecule has 33 nitrogen and oxygen atoms in total. The summed E-state index contributed by atoms with van der Waals surface area (Å²) in [6.07, 6.45) is 29.9. The van der Waals surface area contributed by atoms with E-state index in [-0.39, 0.29) is 119 Å². The number of hydrogen-bond donors (Lipinski definition) is 5. The number of nitrogens with zero attached hydrogens (tertiary/aromatic N) is 4. The molecule has 0 spiro atoms. The number of rotatable bonds is 17. The normalized spacial score (nSPS) is 26.7. The number of aliphatic carboxylic acids is 2. The third-order valence-corrected chi connectivity index (χ3v) is 21.0. The van der Waals surface area contributed by atoms with E-state index in [2.05, 4.69) is 52.2 Å². The van der Waals surface area contributed by atoms with Gasteiger partial charge in [-0.3, -0.25) is 78.8 Å². The van der Waals surface area contributed by atoms with Gasteiger partial charge in [0.2, 0.25) is 35.2 Å². The Morgan fingerprint density at radius 1 is 0.650 bits per heavy atom. The number of carbonyl (C=O) groups excluding carboxylic acids is 9. The lowest BCUT2D eigenvalue weighted by Gasteiger charge is -2.46. The maximum absolute atomic E-state index is 12.1. The predicted octanol–water partition coefficient (Wildman–Crippen LogP) is 11.6. The zero-order valence-corrected chi connectivity index (χ0v) is 71.8. The van der Waals surface area contributed by atoms with Crippen LogP contribution in [0.2, 0.25) is 0 Å². The lowest BCUT2D eigenvalue weighted by molar-refractivity contribution is -0.525. The van der Waals surface area contributed by atoms with Crippen molar-refractivity contribution in [1.82, 2.24) is 0 Å². The lowest BCUT2D eigenvalue weighted by Crippen LogP contribution is -2.49. The molecule has 5 fully saturated rings. The van der Waals surface area contributed by atoms with Crippen molar-refractivity contribution in [3.63, 3.8) is 0 Å². The number of esters is 4. The molecule has 2 heterocycles. The Morgan fingerprint density at radius 3 is 1.49 bits per heavy atom. The summed E-state index contributed by atoms with van der Waals surface area (Å²) in [5.74, 6) is 6.62. The molecule has 2 aliphatic heterocycles. The van der Waals surface area contributed by atoms with Crippen LogP contribution < -0.4 is 5.73 Å². The second-order valence-electron chi connectivity index (χ2n) is 31.0. The van der Waals surface area contributed by atoms with E-state index in [0.717, 1.165) is 54.1 Å². The van der Waals surface area contributed by atoms with Crippen LogP contribution in [0.4, 0.5) is 0 Å². The van der Waals surface area contributed by atoms with Crippen molar-refractivity contribution in [2.45, 2.75) is 273 Å². The Balaban J connectivity index is 0.000000703. The number of carboxylic acids is 2. The highest BCUT2D eigenvalue weighted by molar-refractivity contribution is 6.64. The van der Waals surface area contributed by atoms with Crippen LogP contribution in [-0.4, -0.2) is 171 Å². The van der Waals surface area contributed by atoms with Gasteiger partial charge in [0.15, 0.2) is 11.9 Å². The Bertz CT molecular complexity index is 4040. The van der Waals surface area contributed by atoms with Crippen molar-refractivity contribution in [3.8, 4) is 36.0 Å². The van der Waals surface area contributed by atoms with Crippen LogP contribution in [0, 0.1) is 135 Å². The Morgan fingerprint density at radius 2 is 1.11 bits per heavy atom. The van der Waals surface area contributed by atoms with Gasteiger partial charge < -0.3 is 49.4 Å². The standard InChI is InChI=1S/2C15H19NO5.C15H17NO5.C14H21NO4.C9H11NO4.C5H9ClO.C5H8O.C4H6O.C3H5ClO2/c1-7(17)13-11-4-3-10(16(19)20)5-9(11)6-12-14(13)8(2)21-15(12)18;2*1-11(17)6-7-12(2)21-15(18)9-8-13-4-3-5-14(10-13)16(19)20;1-6-11-10(14(18)19-6)5-7-4-8(15)2-3-9(7)12(11)13(16)17;11-9(12)5-4-7-2-1-3-8(6-7)10(13)14;1-5(2,3)4(6)7;1-3-4-5(2)6;1-3-4(2)5;1-2-3(5)6-4/h6,8,10-14H,3-5H2,1-2H3;4,6-9,12,14H,3,5,10H2,1-2H3;4,8-9,12,14H,3,5,10H2,1-2H3;6-12H,2-5,15H2,1H3,(H,16,17);2,4-5,8H,1,3,6H2,(H,11,12);1-3H3;5-6H,1-2H3;1,4-5H,2H3;2H2,1H3/b;7-6-,9-8+;9-8+;;5-4+;;;;/t8-,10-,11-,12-,13+,14-;2*12-,14?;6-,7+,8-,9-,10-,11-,12+;8-;;5-;4-;/m11111.11./s1. The highest BCUT2D eigenvalue weighted by Crippen LogP contribution is 2.54. The van der Waals surface area contributed by atoms with E-state index >= 15 is 0 Å². The molecular formula is C85H115Cl2N5O28. The number of ketones is 3. The second kappa shape index (κ2) is 54.7. The molecule has 0 amide bonds. The third kappa shape index (κ3) is 40.6. The summed E-state index contributed by atoms with van der Waals surface area (Å²) < 4.78 is 24.3. The van der Waals surface area contributed by atoms with E-state index < -0.39 is 90.3 Å². The largest absolute Gasteiger partial charge is 0.481 e. The zero-order chi connectivity index (χ0) is 91.6. The average Bonchev–Trinajstić information content (AvgIpc) is 1.61. The molecule has 0 radical (unpaired) electrons. The van der Waals surface area contributed by atoms with Gasteiger partial charge in [-0.25, -0.2) is 14.4 Å². The molecule has 0 aromatic heterocycles. The monoisotopic (exact) mass is 1720 g/mol. The van der Waals surface area contributed by atoms with Crippen molar-refractivity contribution < 1.29 is 116 Å². The molecule has 9 rings (SSSR count). The summed E-state index contributed by atoms with van der Waals surface area (Å²) in [6.45, 7) is 23.0. The van der Waals surface area contributed by atoms with E-state index in [9.17, 15) is 98.3 Å². The van der Waals surface area contributed by atoms with Gasteiger partial charge in [-0.1, -0.05) is 93.6 Å². The number of aliphatic hydroxyl groups is 2. The fraction of sp³-hybridized carbons (Fsp3) is 0.612. The predicted molar refractivity (Wildman–Crippen MR) is 441 cm³/mol. The van der Waals surface area contributed by atoms with Gasteiger partial charge >= 0.3 is 41.8 Å². The smallest absolute Gasteiger partial charge is 0.331 e. The summed E-state index contributed by atoms with van der Waals surface area (Å²) in [4.78, 5) is 164. The minimum atomic E-state index is -1.03. The number of nitro groups is 4. The first-order chi connectivity index (χ1) is 56.0. The molecular weight excluding hydrogens is 1610 g/mol. The minimum absolute atomic E-state index is 0.0388. The quantitative estimate of drug-likeness (QED) is 0.0104. The lowest BCUT2D eigenvalue weighted by atomic mass is 9.57. The highest BCUT2D eigenvalue weighted by Gasteiger charge is 2.58. The van der Waals surface area contributed by atoms with Gasteiger partial charge in [-0.05, 0) is 178 Å². The summed E-state index contributed by atoms with van der Waals surface area (Å²) >= 11 is 9.72. The molecule has 6 N–H and O–H groups in total. The van der Waals surface area contributed by atoms with Crippen molar-refractivity contribution in [1.29, 1.82) is 0 Å². The molecule has 0 aromatic carbocycles. The van der Waals surface area contributed by atoms with Gasteiger partial charge in [0, 0.05) is 132 Å². The number of nitrogens with two attached hydrogens (primary N) is 1. The Kier molecular flexibility index (Phi) is 49.1. The van der Waals surface area contributed by atoms with Crippen LogP contribution in [0.3, 0.4) is 0 Å². The number of allylic oxidation sites excluding steroid dienone is 7. The SMILES string of the molecule is C#C[C@@H](C)O.CC#C[C@@H](C)O.CC(=O)/C=C\[C@@H](C)OC(=O)/C=C/C1=CCCC([N+](=O)[O-])C1.CC(=O)C#C[C@@H](C)OC(=O)/C=C/C1=CCCC([N+](=O)[O-])C1.CC(=O)[C@@H]1[C@@H]2[C@@H](C)OC(=O)[C@@H]2C=C2C[C@H]([N+](=O)[O-])CC[C@H]21.CC(C)(C)C(=O)Cl.CCC(=O)OCl.C[C@H]1OC(=O)[C@@H]2C[C@@H]3C[C@H](N)CC[C@H]3[C@H](C(=O)O)[C@H]12.O=C(O)/C=C/C1=CCC[C@@H]([N+](=O)[O-])C1. The van der Waals surface area contributed by atoms with E-state index in [1.807, 2.05) is 38.2 Å². The first kappa shape index (κ1) is 108. The van der Waals surface area contributed by atoms with E-state index in [0.29, 0.717) is 83.5 Å². The van der Waals surface area contributed by atoms with Crippen LogP contribution in [0.1, 0.15) is 206 Å². The van der Waals surface area contributed by atoms with Crippen molar-refractivity contribution in [2.24, 2.45) is 64.4 Å². The summed E-state index contributed by atoms with van der Waals surface area (Å²) in [7, 11) is 0. The molecule has 2 unspecified atom stereocenters. The molecule has 0 bridgehead atoms. The maximum atomic E-state index is 12.1. The van der Waals surface area contributed by atoms with Crippen LogP contribution in [0.15, 0.2) is 95.2 Å². The molecule has 120 heavy (non-hydrogen) atoms. The Labute approximate surface area is 709 Å². The third-order valence-electron chi connectivity index (χ3n) is 20.3. The van der Waals surface area contributed by atoms with E-state index in [1.54, 1.807) is 75.3 Å². The van der Waals surface area contributed by atoms with Gasteiger partial charge in [0.05, 0.1) is 17.8 Å². The number of hydrogen-bond acceptors (Lipinski definition) is 27. The number of cyclic esters (lactones) is 2. The van der Waals surface area contributed by atoms with Crippen LogP contribution in [0.25, 0.3) is 0 Å². The molecule has 20 atom stereocenters. The first-order valence-electron chi connectivity index (χ1n) is 39.4. The van der Waals surface area contributed by atoms with Crippen molar-refractivity contribution >= 4 is 87.8 Å². The van der Waals surface area contributed by atoms with Crippen LogP contribution >= 0.6 is 23.5 Å². The molecule has 9 aliphatic rings. The summed E-state index contributed by atoms with van der Waals surface area (Å²) in [6, 6.07) is -2.17. The molecule has 3 saturated carbocycles. The van der Waals surface area contributed by atoms with Crippen LogP contribution in [-0.2, 0) is 76.0 Å². The van der Waals surface area contributed by atoms with Gasteiger partial charge in [-0.2, -0.15) is 0 Å². The second-order valence-corrected chi connectivity index (χ2v) is 31.5. The van der Waals surface area contributed by atoms with Gasteiger partial charge in [-0.15, -0.1) is 12.3 Å². The number of halogens is 2. The molecule has 2 saturated heterocycles. The summed E-state index contributed by atoms with van der Waals surface area (Å²) in [5.41, 5.74) is 8.80. The number of terminal acetylenes is 1. The number of carbonyl (C=O) groups is 11. The fourth-order valence-electron chi connectivity index (χ4n) is 14.5. The van der Waals surface area contributed by atoms with E-state index in [1.165, 1.54) is 50.3 Å². The molecule has 662 valence electrons. The summed E-state index contributed by atoms with van der Waals surface area (Å²) in [5, 5.41) is 77.1. The molecule has 0 aromatic rings. The van der Waals surface area contributed by atoms with Crippen molar-refractivity contribution in [2.75, 3.05) is 0 Å².